The van der Waals surface area contributed by atoms with E-state index in [1.54, 1.807) is 17.0 Å². The van der Waals surface area contributed by atoms with Gasteiger partial charge in [0.2, 0.25) is 11.8 Å². The van der Waals surface area contributed by atoms with E-state index >= 15 is 0 Å². The minimum Gasteiger partial charge on any atom is -0.506 e. The molecule has 1 atom stereocenters. The third-order valence-corrected chi connectivity index (χ3v) is 6.15. The Morgan fingerprint density at radius 3 is 2.38 bits per heavy atom. The van der Waals surface area contributed by atoms with E-state index in [0.717, 1.165) is 22.5 Å². The first-order chi connectivity index (χ1) is 14.0. The lowest BCUT2D eigenvalue weighted by Crippen LogP contribution is -2.50. The lowest BCUT2D eigenvalue weighted by Gasteiger charge is -2.37. The fourth-order valence-corrected chi connectivity index (χ4v) is 4.29. The number of aryl methyl sites for hydroxylation is 1. The highest BCUT2D eigenvalue weighted by Crippen LogP contribution is 2.31. The van der Waals surface area contributed by atoms with Crippen LogP contribution in [0.3, 0.4) is 0 Å². The third-order valence-electron chi connectivity index (χ3n) is 6.15. The van der Waals surface area contributed by atoms with Gasteiger partial charge >= 0.3 is 0 Å². The van der Waals surface area contributed by atoms with Crippen LogP contribution in [-0.4, -0.2) is 54.5 Å². The Labute approximate surface area is 171 Å². The number of hydrogen-bond acceptors (Lipinski definition) is 4. The molecule has 6 nitrogen and oxygen atoms in total. The van der Waals surface area contributed by atoms with Crippen molar-refractivity contribution in [3.8, 4) is 5.75 Å². The first kappa shape index (κ1) is 19.3. The topological polar surface area (TPSA) is 64.1 Å². The number of carbonyl (C=O) groups is 2. The zero-order valence-corrected chi connectivity index (χ0v) is 17.0. The molecule has 0 aliphatic carbocycles. The predicted octanol–water partition coefficient (Wildman–Crippen LogP) is 2.71. The summed E-state index contributed by atoms with van der Waals surface area (Å²) in [6.07, 6.45) is 0.270. The summed E-state index contributed by atoms with van der Waals surface area (Å²) in [6.45, 7) is 7.04. The molecule has 2 aromatic carbocycles. The lowest BCUT2D eigenvalue weighted by molar-refractivity contribution is -0.136. The van der Waals surface area contributed by atoms with Gasteiger partial charge in [0.1, 0.15) is 5.75 Å². The van der Waals surface area contributed by atoms with Gasteiger partial charge in [0, 0.05) is 44.8 Å². The average Bonchev–Trinajstić information content (AvgIpc) is 3.11. The first-order valence-electron chi connectivity index (χ1n) is 10.1. The maximum Gasteiger partial charge on any atom is 0.228 e. The summed E-state index contributed by atoms with van der Waals surface area (Å²) >= 11 is 0. The number of hydrogen-bond donors (Lipinski definition) is 1. The Bertz CT molecular complexity index is 935. The van der Waals surface area contributed by atoms with Crippen molar-refractivity contribution in [2.75, 3.05) is 42.5 Å². The van der Waals surface area contributed by atoms with Crippen LogP contribution in [0.15, 0.2) is 42.5 Å². The predicted molar refractivity (Wildman–Crippen MR) is 113 cm³/mol. The zero-order valence-electron chi connectivity index (χ0n) is 17.0. The number of carbonyl (C=O) groups excluding carboxylic acids is 2. The minimum absolute atomic E-state index is 0.0184. The van der Waals surface area contributed by atoms with E-state index in [9.17, 15) is 14.7 Å². The highest BCUT2D eigenvalue weighted by molar-refractivity contribution is 6.01. The highest BCUT2D eigenvalue weighted by Gasteiger charge is 2.38. The number of amides is 2. The van der Waals surface area contributed by atoms with Crippen molar-refractivity contribution in [1.29, 1.82) is 0 Å². The monoisotopic (exact) mass is 393 g/mol. The quantitative estimate of drug-likeness (QED) is 0.871. The molecule has 0 unspecified atom stereocenters. The summed E-state index contributed by atoms with van der Waals surface area (Å²) < 4.78 is 0. The number of piperazine rings is 1. The number of benzene rings is 2. The number of nitrogens with zero attached hydrogens (tertiary/aromatic N) is 3. The molecule has 0 spiro atoms. The number of rotatable bonds is 3. The fourth-order valence-electron chi connectivity index (χ4n) is 4.29. The van der Waals surface area contributed by atoms with Gasteiger partial charge in [-0.05, 0) is 43.2 Å². The van der Waals surface area contributed by atoms with E-state index in [-0.39, 0.29) is 29.9 Å². The van der Waals surface area contributed by atoms with Gasteiger partial charge in [-0.3, -0.25) is 9.59 Å². The maximum atomic E-state index is 13.1. The summed E-state index contributed by atoms with van der Waals surface area (Å²) in [7, 11) is 0. The second-order valence-corrected chi connectivity index (χ2v) is 7.93. The molecular formula is C23H27N3O3. The van der Waals surface area contributed by atoms with Crippen LogP contribution in [0.2, 0.25) is 0 Å². The molecule has 0 radical (unpaired) electrons. The van der Waals surface area contributed by atoms with Crippen LogP contribution in [0.5, 0.6) is 5.75 Å². The molecule has 2 aromatic rings. The van der Waals surface area contributed by atoms with Crippen LogP contribution in [0.4, 0.5) is 11.4 Å². The van der Waals surface area contributed by atoms with Crippen LogP contribution in [0, 0.1) is 19.8 Å². The van der Waals surface area contributed by atoms with E-state index in [2.05, 4.69) is 4.90 Å². The fraction of sp³-hybridized carbons (Fsp3) is 0.391. The van der Waals surface area contributed by atoms with Crippen molar-refractivity contribution >= 4 is 23.2 Å². The Hall–Kier alpha value is -3.02. The van der Waals surface area contributed by atoms with Crippen LogP contribution < -0.4 is 9.80 Å². The molecule has 6 heteroatoms. The van der Waals surface area contributed by atoms with E-state index in [1.807, 2.05) is 49.1 Å². The summed E-state index contributed by atoms with van der Waals surface area (Å²) in [5.74, 6) is 0.0462. The van der Waals surface area contributed by atoms with Crippen molar-refractivity contribution in [1.82, 2.24) is 4.90 Å². The Morgan fingerprint density at radius 1 is 0.966 bits per heavy atom. The smallest absolute Gasteiger partial charge is 0.228 e. The molecule has 0 saturated carbocycles. The largest absolute Gasteiger partial charge is 0.506 e. The molecule has 29 heavy (non-hydrogen) atoms. The third kappa shape index (κ3) is 3.67. The average molecular weight is 393 g/mol. The number of aromatic hydroxyl groups is 1. The Morgan fingerprint density at radius 2 is 1.66 bits per heavy atom. The summed E-state index contributed by atoms with van der Waals surface area (Å²) in [6, 6.07) is 13.2. The molecule has 2 aliphatic rings. The van der Waals surface area contributed by atoms with Gasteiger partial charge < -0.3 is 19.8 Å². The van der Waals surface area contributed by atoms with Crippen molar-refractivity contribution in [3.63, 3.8) is 0 Å². The molecule has 0 bridgehead atoms. The highest BCUT2D eigenvalue weighted by atomic mass is 16.3. The van der Waals surface area contributed by atoms with Gasteiger partial charge in [-0.25, -0.2) is 0 Å². The standard InChI is InChI=1S/C23H27N3O3/c1-16-6-5-8-19(17(16)2)26-15-18(14-22(26)28)23(29)25-12-10-24(11-13-25)20-7-3-4-9-21(20)27/h3-9,18,27H,10-15H2,1-2H3/t18-/m0/s1. The Balaban J connectivity index is 1.40. The van der Waals surface area contributed by atoms with E-state index in [4.69, 9.17) is 0 Å². The molecule has 2 fully saturated rings. The second-order valence-electron chi connectivity index (χ2n) is 7.93. The Kier molecular flexibility index (Phi) is 5.18. The summed E-state index contributed by atoms with van der Waals surface area (Å²) in [5, 5.41) is 10.1. The van der Waals surface area contributed by atoms with E-state index in [1.165, 1.54) is 0 Å². The van der Waals surface area contributed by atoms with Crippen LogP contribution >= 0.6 is 0 Å². The second kappa shape index (κ2) is 7.78. The lowest BCUT2D eigenvalue weighted by atomic mass is 10.1. The van der Waals surface area contributed by atoms with Gasteiger partial charge in [0.15, 0.2) is 0 Å². The number of phenols is 1. The van der Waals surface area contributed by atoms with Gasteiger partial charge in [-0.15, -0.1) is 0 Å². The van der Waals surface area contributed by atoms with Crippen molar-refractivity contribution in [2.45, 2.75) is 20.3 Å². The minimum atomic E-state index is -0.293. The molecule has 2 heterocycles. The van der Waals surface area contributed by atoms with Crippen LogP contribution in [-0.2, 0) is 9.59 Å². The molecule has 152 valence electrons. The van der Waals surface area contributed by atoms with Crippen molar-refractivity contribution in [3.05, 3.63) is 53.6 Å². The van der Waals surface area contributed by atoms with E-state index < -0.39 is 0 Å². The van der Waals surface area contributed by atoms with Crippen molar-refractivity contribution < 1.29 is 14.7 Å². The molecular weight excluding hydrogens is 366 g/mol. The zero-order chi connectivity index (χ0) is 20.5. The normalized spacial score (nSPS) is 19.7. The van der Waals surface area contributed by atoms with E-state index in [0.29, 0.717) is 32.7 Å². The maximum absolute atomic E-state index is 13.1. The van der Waals surface area contributed by atoms with Gasteiger partial charge in [0.25, 0.3) is 0 Å². The molecule has 4 rings (SSSR count). The number of anilines is 2. The molecule has 2 amide bonds. The molecule has 1 N–H and O–H groups in total. The number of phenolic OH excluding ortho intramolecular Hbond substituents is 1. The van der Waals surface area contributed by atoms with Crippen molar-refractivity contribution in [2.24, 2.45) is 5.92 Å². The molecule has 2 saturated heterocycles. The SMILES string of the molecule is Cc1cccc(N2C[C@@H](C(=O)N3CCN(c4ccccc4O)CC3)CC2=O)c1C. The first-order valence-corrected chi connectivity index (χ1v) is 10.1. The number of para-hydroxylation sites is 2. The summed E-state index contributed by atoms with van der Waals surface area (Å²) in [4.78, 5) is 31.4. The summed E-state index contributed by atoms with van der Waals surface area (Å²) in [5.41, 5.74) is 3.95. The van der Waals surface area contributed by atoms with Gasteiger partial charge in [-0.2, -0.15) is 0 Å². The van der Waals surface area contributed by atoms with Crippen LogP contribution in [0.1, 0.15) is 17.5 Å². The molecule has 0 aromatic heterocycles. The van der Waals surface area contributed by atoms with Gasteiger partial charge in [-0.1, -0.05) is 24.3 Å². The molecule has 2 aliphatic heterocycles. The van der Waals surface area contributed by atoms with Crippen LogP contribution in [0.25, 0.3) is 0 Å². The van der Waals surface area contributed by atoms with Gasteiger partial charge in [0.05, 0.1) is 11.6 Å².